The van der Waals surface area contributed by atoms with Gasteiger partial charge in [-0.25, -0.2) is 0 Å². The third-order valence-corrected chi connectivity index (χ3v) is 4.61. The average Bonchev–Trinajstić information content (AvgIpc) is 2.44. The van der Waals surface area contributed by atoms with Gasteiger partial charge in [-0.2, -0.15) is 11.8 Å². The maximum atomic E-state index is 3.66. The van der Waals surface area contributed by atoms with Gasteiger partial charge in [-0.15, -0.1) is 0 Å². The molecule has 0 saturated heterocycles. The SMILES string of the molecule is CCC(CCCSC)(CNC(C)C)c1ccccc1. The molecule has 1 aromatic carbocycles. The predicted octanol–water partition coefficient (Wildman–Crippen LogP) is 4.48. The van der Waals surface area contributed by atoms with Crippen molar-refractivity contribution in [3.8, 4) is 0 Å². The number of benzene rings is 1. The van der Waals surface area contributed by atoms with Gasteiger partial charge in [-0.1, -0.05) is 51.1 Å². The summed E-state index contributed by atoms with van der Waals surface area (Å²) in [7, 11) is 0. The molecular weight excluding hydrogens is 250 g/mol. The summed E-state index contributed by atoms with van der Waals surface area (Å²) in [5, 5.41) is 3.66. The third-order valence-electron chi connectivity index (χ3n) is 3.92. The Morgan fingerprint density at radius 2 is 1.89 bits per heavy atom. The molecule has 0 saturated carbocycles. The lowest BCUT2D eigenvalue weighted by Crippen LogP contribution is -2.40. The van der Waals surface area contributed by atoms with Crippen LogP contribution in [0.4, 0.5) is 0 Å². The molecule has 1 rings (SSSR count). The van der Waals surface area contributed by atoms with Crippen molar-refractivity contribution in [1.29, 1.82) is 0 Å². The van der Waals surface area contributed by atoms with Crippen molar-refractivity contribution in [2.24, 2.45) is 0 Å². The Morgan fingerprint density at radius 1 is 1.21 bits per heavy atom. The van der Waals surface area contributed by atoms with Crippen LogP contribution in [0.5, 0.6) is 0 Å². The van der Waals surface area contributed by atoms with E-state index < -0.39 is 0 Å². The molecule has 1 N–H and O–H groups in total. The standard InChI is InChI=1S/C17H29NS/c1-5-17(12-9-13-19-4,14-18-15(2)3)16-10-7-6-8-11-16/h6-8,10-11,15,18H,5,9,12-14H2,1-4H3. The van der Waals surface area contributed by atoms with Crippen LogP contribution >= 0.6 is 11.8 Å². The van der Waals surface area contributed by atoms with Gasteiger partial charge in [0.05, 0.1) is 0 Å². The molecule has 0 spiro atoms. The highest BCUT2D eigenvalue weighted by atomic mass is 32.2. The molecule has 2 heteroatoms. The van der Waals surface area contributed by atoms with Crippen LogP contribution in [0, 0.1) is 0 Å². The zero-order valence-corrected chi connectivity index (χ0v) is 13.7. The van der Waals surface area contributed by atoms with Crippen LogP contribution in [0.2, 0.25) is 0 Å². The molecule has 0 amide bonds. The highest BCUT2D eigenvalue weighted by Gasteiger charge is 2.29. The molecule has 1 unspecified atom stereocenters. The molecule has 19 heavy (non-hydrogen) atoms. The molecular formula is C17H29NS. The minimum atomic E-state index is 0.293. The Kier molecular flexibility index (Phi) is 7.55. The lowest BCUT2D eigenvalue weighted by atomic mass is 9.74. The smallest absolute Gasteiger partial charge is 0.00755 e. The van der Waals surface area contributed by atoms with E-state index >= 15 is 0 Å². The van der Waals surface area contributed by atoms with E-state index in [1.165, 1.54) is 30.6 Å². The van der Waals surface area contributed by atoms with Crippen LogP contribution in [-0.4, -0.2) is 24.6 Å². The van der Waals surface area contributed by atoms with Gasteiger partial charge in [0.15, 0.2) is 0 Å². The first-order chi connectivity index (χ1) is 9.14. The minimum absolute atomic E-state index is 0.293. The van der Waals surface area contributed by atoms with E-state index in [9.17, 15) is 0 Å². The van der Waals surface area contributed by atoms with Crippen molar-refractivity contribution in [3.63, 3.8) is 0 Å². The van der Waals surface area contributed by atoms with E-state index in [4.69, 9.17) is 0 Å². The molecule has 0 aliphatic rings. The van der Waals surface area contributed by atoms with Gasteiger partial charge in [0.1, 0.15) is 0 Å². The second kappa shape index (κ2) is 8.65. The van der Waals surface area contributed by atoms with E-state index in [0.29, 0.717) is 11.5 Å². The van der Waals surface area contributed by atoms with Gasteiger partial charge in [0, 0.05) is 18.0 Å². The molecule has 108 valence electrons. The summed E-state index contributed by atoms with van der Waals surface area (Å²) in [4.78, 5) is 0. The molecule has 0 aliphatic carbocycles. The normalized spacial score (nSPS) is 14.6. The lowest BCUT2D eigenvalue weighted by molar-refractivity contribution is 0.340. The fraction of sp³-hybridized carbons (Fsp3) is 0.647. The monoisotopic (exact) mass is 279 g/mol. The highest BCUT2D eigenvalue weighted by Crippen LogP contribution is 2.33. The van der Waals surface area contributed by atoms with Crippen LogP contribution < -0.4 is 5.32 Å². The summed E-state index contributed by atoms with van der Waals surface area (Å²) >= 11 is 1.95. The van der Waals surface area contributed by atoms with Crippen molar-refractivity contribution in [2.75, 3.05) is 18.6 Å². The lowest BCUT2D eigenvalue weighted by Gasteiger charge is -2.35. The quantitative estimate of drug-likeness (QED) is 0.669. The first-order valence-corrected chi connectivity index (χ1v) is 8.82. The van der Waals surface area contributed by atoms with E-state index in [1.54, 1.807) is 0 Å². The molecule has 1 aromatic rings. The van der Waals surface area contributed by atoms with Gasteiger partial charge in [-0.05, 0) is 36.8 Å². The fourth-order valence-corrected chi connectivity index (χ4v) is 3.02. The second-order valence-corrected chi connectivity index (χ2v) is 6.62. The first-order valence-electron chi connectivity index (χ1n) is 7.42. The number of nitrogens with one attached hydrogen (secondary N) is 1. The summed E-state index contributed by atoms with van der Waals surface area (Å²) in [5.74, 6) is 1.26. The third kappa shape index (κ3) is 5.19. The Labute approximate surface area is 123 Å². The molecule has 1 atom stereocenters. The van der Waals surface area contributed by atoms with Crippen LogP contribution in [0.3, 0.4) is 0 Å². The summed E-state index contributed by atoms with van der Waals surface area (Å²) in [5.41, 5.74) is 1.79. The van der Waals surface area contributed by atoms with Gasteiger partial charge in [0.2, 0.25) is 0 Å². The van der Waals surface area contributed by atoms with Crippen molar-refractivity contribution in [2.45, 2.75) is 51.5 Å². The van der Waals surface area contributed by atoms with Gasteiger partial charge >= 0.3 is 0 Å². The van der Waals surface area contributed by atoms with Gasteiger partial charge in [0.25, 0.3) is 0 Å². The summed E-state index contributed by atoms with van der Waals surface area (Å²) in [6, 6.07) is 11.6. The molecule has 0 fully saturated rings. The zero-order chi connectivity index (χ0) is 14.1. The Balaban J connectivity index is 2.85. The Bertz CT molecular complexity index is 336. The fourth-order valence-electron chi connectivity index (χ4n) is 2.59. The van der Waals surface area contributed by atoms with Crippen molar-refractivity contribution >= 4 is 11.8 Å². The molecule has 1 nitrogen and oxygen atoms in total. The van der Waals surface area contributed by atoms with E-state index in [-0.39, 0.29) is 0 Å². The maximum Gasteiger partial charge on any atom is 0.00755 e. The van der Waals surface area contributed by atoms with Crippen molar-refractivity contribution in [1.82, 2.24) is 5.32 Å². The summed E-state index contributed by atoms with van der Waals surface area (Å²) in [6.45, 7) is 7.87. The van der Waals surface area contributed by atoms with Gasteiger partial charge < -0.3 is 5.32 Å². The maximum absolute atomic E-state index is 3.66. The number of hydrogen-bond donors (Lipinski definition) is 1. The minimum Gasteiger partial charge on any atom is -0.314 e. The van der Waals surface area contributed by atoms with E-state index in [0.717, 1.165) is 6.54 Å². The average molecular weight is 279 g/mol. The van der Waals surface area contributed by atoms with Crippen LogP contribution in [0.25, 0.3) is 0 Å². The Hall–Kier alpha value is -0.470. The van der Waals surface area contributed by atoms with Crippen LogP contribution in [0.15, 0.2) is 30.3 Å². The van der Waals surface area contributed by atoms with Crippen molar-refractivity contribution < 1.29 is 0 Å². The topological polar surface area (TPSA) is 12.0 Å². The van der Waals surface area contributed by atoms with E-state index in [1.807, 2.05) is 11.8 Å². The molecule has 0 heterocycles. The van der Waals surface area contributed by atoms with Crippen LogP contribution in [0.1, 0.15) is 45.6 Å². The van der Waals surface area contributed by atoms with Gasteiger partial charge in [-0.3, -0.25) is 0 Å². The predicted molar refractivity (Wildman–Crippen MR) is 89.2 cm³/mol. The summed E-state index contributed by atoms with van der Waals surface area (Å²) < 4.78 is 0. The van der Waals surface area contributed by atoms with E-state index in [2.05, 4.69) is 62.7 Å². The summed E-state index contributed by atoms with van der Waals surface area (Å²) in [6.07, 6.45) is 5.96. The largest absolute Gasteiger partial charge is 0.314 e. The number of hydrogen-bond acceptors (Lipinski definition) is 2. The zero-order valence-electron chi connectivity index (χ0n) is 12.9. The molecule has 0 aromatic heterocycles. The van der Waals surface area contributed by atoms with Crippen LogP contribution in [-0.2, 0) is 5.41 Å². The second-order valence-electron chi connectivity index (χ2n) is 5.63. The van der Waals surface area contributed by atoms with Crippen molar-refractivity contribution in [3.05, 3.63) is 35.9 Å². The molecule has 0 bridgehead atoms. The Morgan fingerprint density at radius 3 is 2.42 bits per heavy atom. The highest BCUT2D eigenvalue weighted by molar-refractivity contribution is 7.98. The molecule has 0 aliphatic heterocycles. The molecule has 0 radical (unpaired) electrons. The first kappa shape index (κ1) is 16.6. The number of rotatable bonds is 9. The number of thioether (sulfide) groups is 1.